The van der Waals surface area contributed by atoms with Gasteiger partial charge >= 0.3 is 5.51 Å². The van der Waals surface area contributed by atoms with E-state index in [0.29, 0.717) is 0 Å². The minimum Gasteiger partial charge on any atom is -0.741 e. The number of nitrogens with zero attached hydrogens (tertiary/aromatic N) is 1. The van der Waals surface area contributed by atoms with E-state index in [1.165, 1.54) is 12.0 Å². The van der Waals surface area contributed by atoms with Crippen LogP contribution in [0.1, 0.15) is 18.9 Å². The molecular formula is C10H14F3NO3S. The van der Waals surface area contributed by atoms with E-state index in [1.807, 2.05) is 0 Å². The maximum absolute atomic E-state index is 10.7. The number of aromatic nitrogens is 1. The fourth-order valence-electron chi connectivity index (χ4n) is 0.939. The highest BCUT2D eigenvalue weighted by atomic mass is 32.2. The summed E-state index contributed by atoms with van der Waals surface area (Å²) in [4.78, 5) is 0. The van der Waals surface area contributed by atoms with Gasteiger partial charge in [0.25, 0.3) is 0 Å². The largest absolute Gasteiger partial charge is 0.741 e. The third kappa shape index (κ3) is 6.55. The zero-order chi connectivity index (χ0) is 14.4. The van der Waals surface area contributed by atoms with Crippen LogP contribution in [0.4, 0.5) is 13.2 Å². The molecule has 0 spiro atoms. The topological polar surface area (TPSA) is 61.1 Å². The van der Waals surface area contributed by atoms with Crippen LogP contribution in [0.3, 0.4) is 0 Å². The van der Waals surface area contributed by atoms with Gasteiger partial charge in [-0.05, 0) is 12.5 Å². The molecule has 8 heteroatoms. The van der Waals surface area contributed by atoms with Gasteiger partial charge in [-0.1, -0.05) is 6.92 Å². The Balaban J connectivity index is 0.000000331. The molecule has 1 heterocycles. The van der Waals surface area contributed by atoms with Gasteiger partial charge in [0.1, 0.15) is 6.54 Å². The Bertz CT molecular complexity index is 454. The van der Waals surface area contributed by atoms with Crippen molar-refractivity contribution in [3.8, 4) is 0 Å². The van der Waals surface area contributed by atoms with Crippen molar-refractivity contribution in [1.82, 2.24) is 0 Å². The summed E-state index contributed by atoms with van der Waals surface area (Å²) in [5.74, 6) is 0. The third-order valence-corrected chi connectivity index (χ3v) is 2.39. The van der Waals surface area contributed by atoms with E-state index in [0.717, 1.165) is 6.54 Å². The van der Waals surface area contributed by atoms with E-state index in [9.17, 15) is 13.2 Å². The molecule has 104 valence electrons. The molecule has 0 saturated heterocycles. The monoisotopic (exact) mass is 285 g/mol. The van der Waals surface area contributed by atoms with Gasteiger partial charge in [0, 0.05) is 18.6 Å². The van der Waals surface area contributed by atoms with E-state index < -0.39 is 15.6 Å². The van der Waals surface area contributed by atoms with E-state index in [2.05, 4.69) is 42.9 Å². The SMILES string of the molecule is CCC[n+]1ccc(C)cc1.O=S(=O)([O-])C(F)(F)F. The summed E-state index contributed by atoms with van der Waals surface area (Å²) < 4.78 is 61.1. The Labute approximate surface area is 104 Å². The smallest absolute Gasteiger partial charge is 0.485 e. The third-order valence-electron chi connectivity index (χ3n) is 1.82. The van der Waals surface area contributed by atoms with Crippen LogP contribution in [0.15, 0.2) is 24.5 Å². The minimum atomic E-state index is -6.09. The summed E-state index contributed by atoms with van der Waals surface area (Å²) in [6, 6.07) is 4.27. The molecule has 0 aromatic carbocycles. The Morgan fingerprint density at radius 3 is 1.94 bits per heavy atom. The van der Waals surface area contributed by atoms with E-state index >= 15 is 0 Å². The van der Waals surface area contributed by atoms with E-state index in [4.69, 9.17) is 13.0 Å². The van der Waals surface area contributed by atoms with Crippen LogP contribution in [0.25, 0.3) is 0 Å². The molecule has 1 aromatic rings. The summed E-state index contributed by atoms with van der Waals surface area (Å²) in [6.07, 6.45) is 5.45. The van der Waals surface area contributed by atoms with Gasteiger partial charge < -0.3 is 4.55 Å². The summed E-state index contributed by atoms with van der Waals surface area (Å²) in [5, 5.41) is 0. The van der Waals surface area contributed by atoms with Crippen LogP contribution in [0.2, 0.25) is 0 Å². The summed E-state index contributed by atoms with van der Waals surface area (Å²) in [5.41, 5.74) is -4.32. The number of pyridine rings is 1. The Hall–Kier alpha value is -1.15. The molecule has 1 aromatic heterocycles. The number of alkyl halides is 3. The molecule has 0 radical (unpaired) electrons. The lowest BCUT2D eigenvalue weighted by molar-refractivity contribution is -0.697. The van der Waals surface area contributed by atoms with Crippen LogP contribution in [-0.2, 0) is 16.7 Å². The van der Waals surface area contributed by atoms with Crippen molar-refractivity contribution in [3.63, 3.8) is 0 Å². The number of hydrogen-bond donors (Lipinski definition) is 0. The van der Waals surface area contributed by atoms with Crippen molar-refractivity contribution in [2.75, 3.05) is 0 Å². The standard InChI is InChI=1S/C9H14N.CHF3O3S/c1-3-6-10-7-4-9(2)5-8-10;2-1(3,4)8(5,6)7/h4-5,7-8H,3,6H2,1-2H3;(H,5,6,7)/q+1;/p-1. The molecule has 0 saturated carbocycles. The first-order valence-corrected chi connectivity index (χ1v) is 6.46. The zero-order valence-electron chi connectivity index (χ0n) is 9.94. The van der Waals surface area contributed by atoms with Gasteiger partial charge in [-0.2, -0.15) is 13.2 Å². The fourth-order valence-corrected chi connectivity index (χ4v) is 0.939. The Kier molecular flexibility index (Phi) is 6.27. The second kappa shape index (κ2) is 6.69. The lowest BCUT2D eigenvalue weighted by atomic mass is 10.3. The highest BCUT2D eigenvalue weighted by molar-refractivity contribution is 7.86. The molecule has 0 bridgehead atoms. The second-order valence-electron chi connectivity index (χ2n) is 3.51. The number of aryl methyl sites for hydroxylation is 2. The second-order valence-corrected chi connectivity index (χ2v) is 4.88. The maximum atomic E-state index is 10.7. The lowest BCUT2D eigenvalue weighted by Gasteiger charge is -2.08. The van der Waals surface area contributed by atoms with Crippen molar-refractivity contribution < 1.29 is 30.7 Å². The van der Waals surface area contributed by atoms with Crippen LogP contribution in [0, 0.1) is 6.92 Å². The van der Waals surface area contributed by atoms with Gasteiger partial charge in [0.15, 0.2) is 22.5 Å². The van der Waals surface area contributed by atoms with Gasteiger partial charge in [-0.15, -0.1) is 0 Å². The van der Waals surface area contributed by atoms with Gasteiger partial charge in [0.2, 0.25) is 0 Å². The summed E-state index contributed by atoms with van der Waals surface area (Å²) in [6.45, 7) is 5.42. The normalized spacial score (nSPS) is 11.7. The Morgan fingerprint density at radius 1 is 1.28 bits per heavy atom. The zero-order valence-corrected chi connectivity index (χ0v) is 10.8. The van der Waals surface area contributed by atoms with Crippen LogP contribution in [0.5, 0.6) is 0 Å². The predicted octanol–water partition coefficient (Wildman–Crippen LogP) is 1.74. The molecule has 0 aliphatic rings. The summed E-state index contributed by atoms with van der Waals surface area (Å²) in [7, 11) is -6.09. The molecule has 0 amide bonds. The molecule has 4 nitrogen and oxygen atoms in total. The molecule has 0 N–H and O–H groups in total. The Morgan fingerprint density at radius 2 is 1.67 bits per heavy atom. The molecule has 0 atom stereocenters. The average molecular weight is 285 g/mol. The molecule has 0 unspecified atom stereocenters. The molecular weight excluding hydrogens is 271 g/mol. The van der Waals surface area contributed by atoms with Crippen molar-refractivity contribution in [1.29, 1.82) is 0 Å². The first kappa shape index (κ1) is 16.9. The fraction of sp³-hybridized carbons (Fsp3) is 0.500. The van der Waals surface area contributed by atoms with E-state index in [-0.39, 0.29) is 0 Å². The first-order chi connectivity index (χ1) is 8.08. The average Bonchev–Trinajstić information content (AvgIpc) is 2.20. The van der Waals surface area contributed by atoms with Crippen molar-refractivity contribution in [2.24, 2.45) is 0 Å². The van der Waals surface area contributed by atoms with Crippen molar-refractivity contribution >= 4 is 10.1 Å². The quantitative estimate of drug-likeness (QED) is 0.472. The molecule has 18 heavy (non-hydrogen) atoms. The molecule has 0 fully saturated rings. The van der Waals surface area contributed by atoms with Gasteiger partial charge in [-0.3, -0.25) is 0 Å². The predicted molar refractivity (Wildman–Crippen MR) is 57.4 cm³/mol. The molecule has 0 aliphatic heterocycles. The molecule has 1 rings (SSSR count). The van der Waals surface area contributed by atoms with Crippen LogP contribution >= 0.6 is 0 Å². The highest BCUT2D eigenvalue weighted by Crippen LogP contribution is 2.20. The van der Waals surface area contributed by atoms with Crippen LogP contribution in [-0.4, -0.2) is 18.5 Å². The van der Waals surface area contributed by atoms with Crippen molar-refractivity contribution in [2.45, 2.75) is 32.3 Å². The van der Waals surface area contributed by atoms with Gasteiger partial charge in [-0.25, -0.2) is 13.0 Å². The van der Waals surface area contributed by atoms with Crippen molar-refractivity contribution in [3.05, 3.63) is 30.1 Å². The highest BCUT2D eigenvalue weighted by Gasteiger charge is 2.36. The maximum Gasteiger partial charge on any atom is 0.485 e. The first-order valence-electron chi connectivity index (χ1n) is 5.05. The number of hydrogen-bond acceptors (Lipinski definition) is 3. The number of rotatable bonds is 2. The van der Waals surface area contributed by atoms with E-state index in [1.54, 1.807) is 0 Å². The lowest BCUT2D eigenvalue weighted by Crippen LogP contribution is -2.31. The minimum absolute atomic E-state index is 1.13. The van der Waals surface area contributed by atoms with Gasteiger partial charge in [0.05, 0.1) is 0 Å². The van der Waals surface area contributed by atoms with Crippen LogP contribution < -0.4 is 4.57 Å². The number of halogens is 3. The molecule has 0 aliphatic carbocycles. The summed E-state index contributed by atoms with van der Waals surface area (Å²) >= 11 is 0.